The van der Waals surface area contributed by atoms with Crippen LogP contribution >= 0.6 is 0 Å². The first-order valence-corrected chi connectivity index (χ1v) is 8.29. The summed E-state index contributed by atoms with van der Waals surface area (Å²) in [4.78, 5) is 27.5. The first-order valence-electron chi connectivity index (χ1n) is 8.29. The normalized spacial score (nSPS) is 10.7. The number of ether oxygens (including phenoxy) is 1. The molecular weight excluding hydrogens is 364 g/mol. The van der Waals surface area contributed by atoms with Crippen LogP contribution in [0.15, 0.2) is 69.7 Å². The van der Waals surface area contributed by atoms with E-state index in [1.807, 2.05) is 12.1 Å². The molecule has 0 saturated heterocycles. The van der Waals surface area contributed by atoms with Crippen molar-refractivity contribution in [2.45, 2.75) is 0 Å². The molecule has 0 radical (unpaired) electrons. The zero-order valence-corrected chi connectivity index (χ0v) is 14.4. The molecule has 8 heteroatoms. The maximum absolute atomic E-state index is 12.2. The van der Waals surface area contributed by atoms with E-state index in [1.165, 1.54) is 18.4 Å². The smallest absolute Gasteiger partial charge is 0.341 e. The fraction of sp³-hybridized carbons (Fsp3) is 0.0500. The topological polar surface area (TPSA) is 115 Å². The van der Waals surface area contributed by atoms with E-state index in [0.717, 1.165) is 0 Å². The van der Waals surface area contributed by atoms with Crippen molar-refractivity contribution in [2.75, 3.05) is 11.9 Å². The van der Waals surface area contributed by atoms with Crippen LogP contribution in [0.2, 0.25) is 0 Å². The fourth-order valence-corrected chi connectivity index (χ4v) is 2.62. The number of fused-ring (bicyclic) bond motifs is 1. The molecule has 2 aromatic heterocycles. The Balaban J connectivity index is 1.68. The highest BCUT2D eigenvalue weighted by atomic mass is 16.5. The van der Waals surface area contributed by atoms with Crippen LogP contribution in [-0.2, 0) is 4.79 Å². The molecule has 0 bridgehead atoms. The molecule has 0 aliphatic heterocycles. The van der Waals surface area contributed by atoms with Gasteiger partial charge in [0, 0.05) is 11.8 Å². The summed E-state index contributed by atoms with van der Waals surface area (Å²) in [6.45, 7) is -0.553. The Morgan fingerprint density at radius 1 is 1.11 bits per heavy atom. The van der Waals surface area contributed by atoms with Crippen LogP contribution < -0.4 is 10.1 Å². The van der Waals surface area contributed by atoms with Gasteiger partial charge in [0.25, 0.3) is 5.91 Å². The summed E-state index contributed by atoms with van der Waals surface area (Å²) in [5.41, 5.74) is 2.13. The molecule has 4 aromatic rings. The zero-order valence-electron chi connectivity index (χ0n) is 14.4. The van der Waals surface area contributed by atoms with Gasteiger partial charge < -0.3 is 24.0 Å². The summed E-state index contributed by atoms with van der Waals surface area (Å²) < 4.78 is 16.2. The van der Waals surface area contributed by atoms with Crippen molar-refractivity contribution >= 4 is 28.7 Å². The number of amides is 1. The molecule has 0 atom stereocenters. The van der Waals surface area contributed by atoms with Gasteiger partial charge in [0.05, 0.1) is 11.8 Å². The summed E-state index contributed by atoms with van der Waals surface area (Å²) in [7, 11) is 0. The lowest BCUT2D eigenvalue weighted by Crippen LogP contribution is -2.12. The number of furan rings is 1. The number of carboxylic acid groups (broad SMARTS) is 1. The molecule has 0 aliphatic carbocycles. The van der Waals surface area contributed by atoms with Crippen molar-refractivity contribution in [2.24, 2.45) is 0 Å². The second-order valence-corrected chi connectivity index (χ2v) is 5.81. The second-order valence-electron chi connectivity index (χ2n) is 5.81. The average Bonchev–Trinajstić information content (AvgIpc) is 3.36. The minimum Gasteiger partial charge on any atom is -0.481 e. The third-order valence-corrected chi connectivity index (χ3v) is 3.86. The van der Waals surface area contributed by atoms with Crippen molar-refractivity contribution in [3.8, 4) is 17.2 Å². The Hall–Kier alpha value is -4.07. The molecular formula is C20H14N2O6. The highest BCUT2D eigenvalue weighted by Gasteiger charge is 2.17. The molecule has 1 amide bonds. The highest BCUT2D eigenvalue weighted by molar-refractivity contribution is 6.02. The van der Waals surface area contributed by atoms with Gasteiger partial charge in [0.1, 0.15) is 11.3 Å². The molecule has 2 heterocycles. The Morgan fingerprint density at radius 2 is 1.96 bits per heavy atom. The minimum atomic E-state index is -1.13. The highest BCUT2D eigenvalue weighted by Crippen LogP contribution is 2.34. The molecule has 0 aliphatic rings. The number of aromatic nitrogens is 1. The van der Waals surface area contributed by atoms with Crippen LogP contribution in [0.5, 0.6) is 5.75 Å². The molecule has 0 saturated carbocycles. The van der Waals surface area contributed by atoms with Gasteiger partial charge in [0.2, 0.25) is 5.89 Å². The number of carboxylic acids is 1. The van der Waals surface area contributed by atoms with Crippen LogP contribution in [0.4, 0.5) is 5.69 Å². The molecule has 0 unspecified atom stereocenters. The number of para-hydroxylation sites is 2. The Kier molecular flexibility index (Phi) is 4.51. The largest absolute Gasteiger partial charge is 0.481 e. The fourth-order valence-electron chi connectivity index (χ4n) is 2.62. The van der Waals surface area contributed by atoms with Gasteiger partial charge >= 0.3 is 5.97 Å². The van der Waals surface area contributed by atoms with Crippen LogP contribution in [0.25, 0.3) is 22.6 Å². The monoisotopic (exact) mass is 378 g/mol. The Labute approximate surface area is 158 Å². The van der Waals surface area contributed by atoms with Gasteiger partial charge in [0.15, 0.2) is 18.0 Å². The van der Waals surface area contributed by atoms with Gasteiger partial charge in [-0.05, 0) is 36.4 Å². The maximum Gasteiger partial charge on any atom is 0.341 e. The number of hydrogen-bond acceptors (Lipinski definition) is 6. The van der Waals surface area contributed by atoms with E-state index in [4.69, 9.17) is 18.7 Å². The van der Waals surface area contributed by atoms with E-state index in [-0.39, 0.29) is 17.4 Å². The van der Waals surface area contributed by atoms with Gasteiger partial charge in [-0.15, -0.1) is 0 Å². The van der Waals surface area contributed by atoms with Crippen LogP contribution in [-0.4, -0.2) is 28.6 Å². The zero-order chi connectivity index (χ0) is 19.5. The molecule has 0 fully saturated rings. The van der Waals surface area contributed by atoms with Gasteiger partial charge in [-0.25, -0.2) is 9.78 Å². The van der Waals surface area contributed by atoms with E-state index in [2.05, 4.69) is 10.3 Å². The van der Waals surface area contributed by atoms with Crippen molar-refractivity contribution in [3.63, 3.8) is 0 Å². The Morgan fingerprint density at radius 3 is 2.71 bits per heavy atom. The quantitative estimate of drug-likeness (QED) is 0.524. The molecule has 8 nitrogen and oxygen atoms in total. The summed E-state index contributed by atoms with van der Waals surface area (Å²) >= 11 is 0. The number of benzene rings is 2. The number of hydrogen-bond donors (Lipinski definition) is 2. The molecule has 2 N–H and O–H groups in total. The number of carbonyl (C=O) groups is 2. The molecule has 2 aromatic carbocycles. The van der Waals surface area contributed by atoms with E-state index in [1.54, 1.807) is 30.3 Å². The van der Waals surface area contributed by atoms with Gasteiger partial charge in [-0.1, -0.05) is 12.1 Å². The lowest BCUT2D eigenvalue weighted by molar-refractivity contribution is -0.139. The predicted octanol–water partition coefficient (Wildman–Crippen LogP) is 3.80. The number of oxazole rings is 1. The first-order chi connectivity index (χ1) is 13.6. The number of anilines is 1. The van der Waals surface area contributed by atoms with E-state index < -0.39 is 18.5 Å². The van der Waals surface area contributed by atoms with Crippen molar-refractivity contribution in [3.05, 3.63) is 66.6 Å². The summed E-state index contributed by atoms with van der Waals surface area (Å²) in [6, 6.07) is 15.2. The van der Waals surface area contributed by atoms with Crippen molar-refractivity contribution in [1.29, 1.82) is 0 Å². The SMILES string of the molecule is O=C(O)COc1cc(NC(=O)c2ccco2)ccc1-c1nc2ccccc2o1. The Bertz CT molecular complexity index is 1110. The van der Waals surface area contributed by atoms with E-state index in [0.29, 0.717) is 22.4 Å². The molecule has 4 rings (SSSR count). The van der Waals surface area contributed by atoms with Gasteiger partial charge in [-0.3, -0.25) is 4.79 Å². The first kappa shape index (κ1) is 17.3. The van der Waals surface area contributed by atoms with Crippen molar-refractivity contribution in [1.82, 2.24) is 4.98 Å². The third-order valence-electron chi connectivity index (χ3n) is 3.86. The van der Waals surface area contributed by atoms with Crippen LogP contribution in [0.1, 0.15) is 10.6 Å². The lowest BCUT2D eigenvalue weighted by Gasteiger charge is -2.11. The minimum absolute atomic E-state index is 0.149. The predicted molar refractivity (Wildman–Crippen MR) is 99.2 cm³/mol. The number of carbonyl (C=O) groups excluding carboxylic acids is 1. The summed E-state index contributed by atoms with van der Waals surface area (Å²) in [6.07, 6.45) is 1.40. The van der Waals surface area contributed by atoms with Crippen molar-refractivity contribution < 1.29 is 28.3 Å². The number of rotatable bonds is 6. The number of nitrogens with one attached hydrogen (secondary N) is 1. The maximum atomic E-state index is 12.2. The van der Waals surface area contributed by atoms with Crippen LogP contribution in [0, 0.1) is 0 Å². The second kappa shape index (κ2) is 7.28. The van der Waals surface area contributed by atoms with E-state index in [9.17, 15) is 9.59 Å². The van der Waals surface area contributed by atoms with E-state index >= 15 is 0 Å². The number of nitrogens with zero attached hydrogens (tertiary/aromatic N) is 1. The lowest BCUT2D eigenvalue weighted by atomic mass is 10.1. The standard InChI is InChI=1S/C20H14N2O6/c23-18(24)11-27-17-10-12(21-19(25)16-6-3-9-26-16)7-8-13(17)20-22-14-4-1-2-5-15(14)28-20/h1-10H,11H2,(H,21,25)(H,23,24). The molecule has 140 valence electrons. The molecule has 0 spiro atoms. The summed E-state index contributed by atoms with van der Waals surface area (Å²) in [5, 5.41) is 11.6. The van der Waals surface area contributed by atoms with Crippen LogP contribution in [0.3, 0.4) is 0 Å². The number of aliphatic carboxylic acids is 1. The summed E-state index contributed by atoms with van der Waals surface area (Å²) in [5.74, 6) is -0.926. The van der Waals surface area contributed by atoms with Gasteiger partial charge in [-0.2, -0.15) is 0 Å². The molecule has 28 heavy (non-hydrogen) atoms. The average molecular weight is 378 g/mol. The third kappa shape index (κ3) is 3.56.